The lowest BCUT2D eigenvalue weighted by atomic mass is 9.99. The van der Waals surface area contributed by atoms with Crippen LogP contribution in [0, 0.1) is 5.92 Å². The average molecular weight is 382 g/mol. The molecule has 0 saturated carbocycles. The first kappa shape index (κ1) is 19.7. The Bertz CT molecular complexity index is 779. The minimum atomic E-state index is -4.61. The largest absolute Gasteiger partial charge is 0.449 e. The van der Waals surface area contributed by atoms with Crippen LogP contribution < -0.4 is 5.32 Å². The first-order chi connectivity index (χ1) is 12.8. The fourth-order valence-corrected chi connectivity index (χ4v) is 3.47. The molecule has 1 aromatic carbocycles. The maximum Gasteiger partial charge on any atom is 0.449 e. The zero-order valence-electron chi connectivity index (χ0n) is 15.4. The molecule has 27 heavy (non-hydrogen) atoms. The molecule has 1 aliphatic heterocycles. The van der Waals surface area contributed by atoms with E-state index in [4.69, 9.17) is 0 Å². The quantitative estimate of drug-likeness (QED) is 0.780. The fourth-order valence-electron chi connectivity index (χ4n) is 3.47. The summed E-state index contributed by atoms with van der Waals surface area (Å²) in [6.45, 7) is 5.37. The molecule has 0 unspecified atom stereocenters. The SMILES string of the molecule is CC1CCN(CCCNC(=O)Cn2c(C(F)(F)F)nc3ccccc32)CC1. The lowest BCUT2D eigenvalue weighted by Gasteiger charge is -2.30. The van der Waals surface area contributed by atoms with E-state index in [1.807, 2.05) is 0 Å². The van der Waals surface area contributed by atoms with Crippen LogP contribution in [-0.4, -0.2) is 46.5 Å². The number of benzene rings is 1. The maximum atomic E-state index is 13.3. The van der Waals surface area contributed by atoms with Gasteiger partial charge in [0.05, 0.1) is 11.0 Å². The lowest BCUT2D eigenvalue weighted by molar-refractivity contribution is -0.147. The number of piperidine rings is 1. The van der Waals surface area contributed by atoms with Gasteiger partial charge >= 0.3 is 6.18 Å². The number of carbonyl (C=O) groups excluding carboxylic acids is 1. The molecule has 0 spiro atoms. The number of alkyl halides is 3. The molecule has 2 heterocycles. The number of carbonyl (C=O) groups is 1. The van der Waals surface area contributed by atoms with Crippen molar-refractivity contribution in [2.75, 3.05) is 26.2 Å². The van der Waals surface area contributed by atoms with E-state index in [1.165, 1.54) is 18.9 Å². The van der Waals surface area contributed by atoms with Gasteiger partial charge in [0.15, 0.2) is 0 Å². The minimum absolute atomic E-state index is 0.233. The third kappa shape index (κ3) is 5.00. The Balaban J connectivity index is 1.55. The van der Waals surface area contributed by atoms with Crippen molar-refractivity contribution in [1.82, 2.24) is 19.8 Å². The summed E-state index contributed by atoms with van der Waals surface area (Å²) in [7, 11) is 0. The van der Waals surface area contributed by atoms with Crippen LogP contribution in [-0.2, 0) is 17.5 Å². The van der Waals surface area contributed by atoms with Crippen LogP contribution in [0.5, 0.6) is 0 Å². The Kier molecular flexibility index (Phi) is 6.04. The van der Waals surface area contributed by atoms with E-state index in [0.717, 1.165) is 36.5 Å². The monoisotopic (exact) mass is 382 g/mol. The second-order valence-electron chi connectivity index (χ2n) is 7.24. The predicted molar refractivity (Wildman–Crippen MR) is 97.2 cm³/mol. The Hall–Kier alpha value is -2.09. The molecule has 5 nitrogen and oxygen atoms in total. The van der Waals surface area contributed by atoms with E-state index in [0.29, 0.717) is 12.1 Å². The van der Waals surface area contributed by atoms with Crippen molar-refractivity contribution >= 4 is 16.9 Å². The van der Waals surface area contributed by atoms with Gasteiger partial charge in [0.1, 0.15) is 6.54 Å². The number of aromatic nitrogens is 2. The molecule has 1 aromatic heterocycles. The van der Waals surface area contributed by atoms with Crippen LogP contribution in [0.1, 0.15) is 32.0 Å². The van der Waals surface area contributed by atoms with Gasteiger partial charge in [-0.3, -0.25) is 4.79 Å². The highest BCUT2D eigenvalue weighted by molar-refractivity contribution is 5.81. The van der Waals surface area contributed by atoms with Crippen LogP contribution in [0.25, 0.3) is 11.0 Å². The number of fused-ring (bicyclic) bond motifs is 1. The molecule has 1 amide bonds. The van der Waals surface area contributed by atoms with Gasteiger partial charge in [0.25, 0.3) is 0 Å². The molecule has 1 fully saturated rings. The molecule has 0 radical (unpaired) electrons. The number of para-hydroxylation sites is 2. The highest BCUT2D eigenvalue weighted by atomic mass is 19.4. The van der Waals surface area contributed by atoms with Crippen molar-refractivity contribution in [3.63, 3.8) is 0 Å². The number of likely N-dealkylation sites (tertiary alicyclic amines) is 1. The average Bonchev–Trinajstić information content (AvgIpc) is 2.99. The minimum Gasteiger partial charge on any atom is -0.355 e. The summed E-state index contributed by atoms with van der Waals surface area (Å²) >= 11 is 0. The normalized spacial score (nSPS) is 16.7. The van der Waals surface area contributed by atoms with Gasteiger partial charge in [-0.15, -0.1) is 0 Å². The molecule has 2 aromatic rings. The van der Waals surface area contributed by atoms with Crippen LogP contribution in [0.4, 0.5) is 13.2 Å². The number of imidazole rings is 1. The zero-order chi connectivity index (χ0) is 19.4. The van der Waals surface area contributed by atoms with Crippen LogP contribution in [0.2, 0.25) is 0 Å². The molecular formula is C19H25F3N4O. The Morgan fingerprint density at radius 1 is 1.26 bits per heavy atom. The topological polar surface area (TPSA) is 50.2 Å². The third-order valence-corrected chi connectivity index (χ3v) is 5.06. The van der Waals surface area contributed by atoms with Gasteiger partial charge in [-0.25, -0.2) is 4.98 Å². The molecular weight excluding hydrogens is 357 g/mol. The molecule has 1 aliphatic rings. The first-order valence-corrected chi connectivity index (χ1v) is 9.36. The predicted octanol–water partition coefficient (Wildman–Crippen LogP) is 3.29. The molecule has 1 saturated heterocycles. The molecule has 1 N–H and O–H groups in total. The number of halogens is 3. The third-order valence-electron chi connectivity index (χ3n) is 5.06. The van der Waals surface area contributed by atoms with Crippen LogP contribution >= 0.6 is 0 Å². The van der Waals surface area contributed by atoms with E-state index in [9.17, 15) is 18.0 Å². The summed E-state index contributed by atoms with van der Waals surface area (Å²) in [4.78, 5) is 18.2. The fraction of sp³-hybridized carbons (Fsp3) is 0.579. The molecule has 3 rings (SSSR count). The molecule has 8 heteroatoms. The van der Waals surface area contributed by atoms with Gasteiger partial charge in [-0.05, 0) is 56.9 Å². The van der Waals surface area contributed by atoms with E-state index in [-0.39, 0.29) is 5.52 Å². The number of hydrogen-bond donors (Lipinski definition) is 1. The van der Waals surface area contributed by atoms with Gasteiger partial charge in [-0.2, -0.15) is 13.2 Å². The van der Waals surface area contributed by atoms with Gasteiger partial charge < -0.3 is 14.8 Å². The number of rotatable bonds is 6. The Morgan fingerprint density at radius 3 is 2.67 bits per heavy atom. The lowest BCUT2D eigenvalue weighted by Crippen LogP contribution is -2.36. The van der Waals surface area contributed by atoms with Gasteiger partial charge in [-0.1, -0.05) is 19.1 Å². The van der Waals surface area contributed by atoms with Crippen molar-refractivity contribution in [2.24, 2.45) is 5.92 Å². The summed E-state index contributed by atoms with van der Waals surface area (Å²) in [5.41, 5.74) is 0.541. The first-order valence-electron chi connectivity index (χ1n) is 9.36. The highest BCUT2D eigenvalue weighted by Crippen LogP contribution is 2.31. The second kappa shape index (κ2) is 8.29. The summed E-state index contributed by atoms with van der Waals surface area (Å²) in [6.07, 6.45) is -1.43. The second-order valence-corrected chi connectivity index (χ2v) is 7.24. The smallest absolute Gasteiger partial charge is 0.355 e. The van der Waals surface area contributed by atoms with Crippen molar-refractivity contribution in [2.45, 2.75) is 38.9 Å². The highest BCUT2D eigenvalue weighted by Gasteiger charge is 2.37. The van der Waals surface area contributed by atoms with Crippen molar-refractivity contribution < 1.29 is 18.0 Å². The number of amides is 1. The molecule has 0 bridgehead atoms. The van der Waals surface area contributed by atoms with Gasteiger partial charge in [0.2, 0.25) is 11.7 Å². The van der Waals surface area contributed by atoms with Gasteiger partial charge in [0, 0.05) is 6.54 Å². The zero-order valence-corrected chi connectivity index (χ0v) is 15.4. The van der Waals surface area contributed by atoms with Crippen LogP contribution in [0.3, 0.4) is 0 Å². The number of nitrogens with zero attached hydrogens (tertiary/aromatic N) is 3. The summed E-state index contributed by atoms with van der Waals surface area (Å²) in [6, 6.07) is 6.32. The van der Waals surface area contributed by atoms with Crippen molar-refractivity contribution in [3.05, 3.63) is 30.1 Å². The van der Waals surface area contributed by atoms with Crippen LogP contribution in [0.15, 0.2) is 24.3 Å². The molecule has 0 aliphatic carbocycles. The number of hydrogen-bond acceptors (Lipinski definition) is 3. The summed E-state index contributed by atoms with van der Waals surface area (Å²) in [5, 5.41) is 2.73. The summed E-state index contributed by atoms with van der Waals surface area (Å²) in [5.74, 6) is -0.703. The Morgan fingerprint density at radius 2 is 1.96 bits per heavy atom. The van der Waals surface area contributed by atoms with Crippen molar-refractivity contribution in [3.8, 4) is 0 Å². The number of nitrogens with one attached hydrogen (secondary N) is 1. The van der Waals surface area contributed by atoms with E-state index >= 15 is 0 Å². The van der Waals surface area contributed by atoms with E-state index < -0.39 is 24.5 Å². The maximum absolute atomic E-state index is 13.3. The Labute approximate surface area is 156 Å². The summed E-state index contributed by atoms with van der Waals surface area (Å²) < 4.78 is 40.7. The van der Waals surface area contributed by atoms with E-state index in [2.05, 4.69) is 22.1 Å². The molecule has 148 valence electrons. The van der Waals surface area contributed by atoms with Crippen molar-refractivity contribution in [1.29, 1.82) is 0 Å². The van der Waals surface area contributed by atoms with E-state index in [1.54, 1.807) is 18.2 Å². The standard InChI is InChI=1S/C19H25F3N4O/c1-14-7-11-25(12-8-14)10-4-9-23-17(27)13-26-16-6-3-2-5-15(16)24-18(26)19(20,21)22/h2-3,5-6,14H,4,7-13H2,1H3,(H,23,27). The molecule has 0 atom stereocenters.